The molecule has 0 spiro atoms. The normalized spacial score (nSPS) is 18.4. The first kappa shape index (κ1) is 25.8. The topological polar surface area (TPSA) is 71.4 Å². The van der Waals surface area contributed by atoms with E-state index in [2.05, 4.69) is 0 Å². The fourth-order valence-electron chi connectivity index (χ4n) is 3.64. The van der Waals surface area contributed by atoms with Gasteiger partial charge in [-0.15, -0.1) is 0 Å². The van der Waals surface area contributed by atoms with Crippen LogP contribution in [-0.4, -0.2) is 22.5 Å². The molecule has 0 saturated heterocycles. The molecule has 1 unspecified atom stereocenters. The Morgan fingerprint density at radius 1 is 0.933 bits per heavy atom. The zero-order valence-electron chi connectivity index (χ0n) is 19.9. The molecule has 0 aromatic rings. The van der Waals surface area contributed by atoms with E-state index in [0.717, 1.165) is 16.7 Å². The first-order valence-electron chi connectivity index (χ1n) is 10.8. The van der Waals surface area contributed by atoms with Crippen molar-refractivity contribution in [2.45, 2.75) is 81.1 Å². The Labute approximate surface area is 181 Å². The Balaban J connectivity index is 3.78. The summed E-state index contributed by atoms with van der Waals surface area (Å²) in [6.45, 7) is 15.3. The minimum absolute atomic E-state index is 0.0458. The van der Waals surface area contributed by atoms with Crippen LogP contribution in [0.4, 0.5) is 0 Å². The SMILES string of the molecule is CC(C)=CCC1C(=O)C(C(=O)CC(C)C)=C(O)C(CC=C(C)C)(CC=C(C)C)C1=O. The van der Waals surface area contributed by atoms with Crippen LogP contribution in [0, 0.1) is 17.3 Å². The van der Waals surface area contributed by atoms with Crippen molar-refractivity contribution in [1.82, 2.24) is 0 Å². The maximum absolute atomic E-state index is 13.7. The van der Waals surface area contributed by atoms with Crippen LogP contribution in [0.3, 0.4) is 0 Å². The number of carbonyl (C=O) groups excluding carboxylic acids is 3. The van der Waals surface area contributed by atoms with E-state index in [-0.39, 0.29) is 54.5 Å². The molecule has 1 aliphatic rings. The summed E-state index contributed by atoms with van der Waals surface area (Å²) in [4.78, 5) is 39.9. The molecule has 1 atom stereocenters. The second-order valence-corrected chi connectivity index (χ2v) is 9.60. The summed E-state index contributed by atoms with van der Waals surface area (Å²) in [5.74, 6) is -2.45. The van der Waals surface area contributed by atoms with Crippen molar-refractivity contribution < 1.29 is 19.5 Å². The average Bonchev–Trinajstić information content (AvgIpc) is 2.60. The van der Waals surface area contributed by atoms with Crippen molar-refractivity contribution in [2.24, 2.45) is 17.3 Å². The summed E-state index contributed by atoms with van der Waals surface area (Å²) in [5, 5.41) is 11.3. The number of carbonyl (C=O) groups is 3. The summed E-state index contributed by atoms with van der Waals surface area (Å²) < 4.78 is 0. The predicted octanol–water partition coefficient (Wildman–Crippen LogP) is 6.24. The zero-order chi connectivity index (χ0) is 23.2. The molecule has 30 heavy (non-hydrogen) atoms. The van der Waals surface area contributed by atoms with Crippen molar-refractivity contribution in [3.63, 3.8) is 0 Å². The number of hydrogen-bond donors (Lipinski definition) is 1. The Bertz CT molecular complexity index is 786. The molecule has 1 aliphatic carbocycles. The van der Waals surface area contributed by atoms with Gasteiger partial charge in [0.1, 0.15) is 5.76 Å². The van der Waals surface area contributed by atoms with Gasteiger partial charge in [-0.1, -0.05) is 48.8 Å². The highest BCUT2D eigenvalue weighted by molar-refractivity contribution is 6.29. The summed E-state index contributed by atoms with van der Waals surface area (Å²) in [6.07, 6.45) is 6.62. The van der Waals surface area contributed by atoms with Crippen LogP contribution in [-0.2, 0) is 14.4 Å². The lowest BCUT2D eigenvalue weighted by Crippen LogP contribution is -2.47. The van der Waals surface area contributed by atoms with Crippen LogP contribution < -0.4 is 0 Å². The van der Waals surface area contributed by atoms with E-state index in [9.17, 15) is 19.5 Å². The molecule has 0 saturated carbocycles. The minimum Gasteiger partial charge on any atom is -0.510 e. The largest absolute Gasteiger partial charge is 0.510 e. The molecule has 0 aromatic heterocycles. The lowest BCUT2D eigenvalue weighted by Gasteiger charge is -2.38. The van der Waals surface area contributed by atoms with E-state index in [1.54, 1.807) is 0 Å². The standard InChI is InChI=1S/C26H38O4/c1-16(2)9-10-20-23(28)22(21(27)15-19(7)8)25(30)26(24(20)29,13-11-17(3)4)14-12-18(5)6/h9,11-12,19-20,30H,10,13-15H2,1-8H3. The van der Waals surface area contributed by atoms with E-state index in [1.807, 2.05) is 73.6 Å². The quantitative estimate of drug-likeness (QED) is 0.275. The molecular weight excluding hydrogens is 376 g/mol. The van der Waals surface area contributed by atoms with Crippen molar-refractivity contribution in [1.29, 1.82) is 0 Å². The highest BCUT2D eigenvalue weighted by Gasteiger charge is 2.53. The van der Waals surface area contributed by atoms with Gasteiger partial charge in [-0.05, 0) is 66.7 Å². The van der Waals surface area contributed by atoms with E-state index in [4.69, 9.17) is 0 Å². The molecule has 0 fully saturated rings. The van der Waals surface area contributed by atoms with Crippen molar-refractivity contribution in [3.05, 3.63) is 46.3 Å². The molecule has 1 rings (SSSR count). The third-order valence-electron chi connectivity index (χ3n) is 5.39. The first-order valence-corrected chi connectivity index (χ1v) is 10.8. The molecule has 1 N–H and O–H groups in total. The third kappa shape index (κ3) is 6.13. The van der Waals surface area contributed by atoms with Gasteiger partial charge < -0.3 is 5.11 Å². The molecule has 0 radical (unpaired) electrons. The summed E-state index contributed by atoms with van der Waals surface area (Å²) in [5.41, 5.74) is 1.58. The lowest BCUT2D eigenvalue weighted by atomic mass is 9.63. The van der Waals surface area contributed by atoms with Crippen LogP contribution in [0.1, 0.15) is 81.1 Å². The van der Waals surface area contributed by atoms with Crippen LogP contribution in [0.2, 0.25) is 0 Å². The third-order valence-corrected chi connectivity index (χ3v) is 5.39. The van der Waals surface area contributed by atoms with Gasteiger partial charge in [0, 0.05) is 6.42 Å². The second kappa shape index (κ2) is 10.7. The molecule has 0 bridgehead atoms. The summed E-state index contributed by atoms with van der Waals surface area (Å²) >= 11 is 0. The monoisotopic (exact) mass is 414 g/mol. The van der Waals surface area contributed by atoms with Gasteiger partial charge in [0.05, 0.1) is 16.9 Å². The highest BCUT2D eigenvalue weighted by Crippen LogP contribution is 2.46. The number of allylic oxidation sites excluding steroid dienone is 8. The van der Waals surface area contributed by atoms with E-state index < -0.39 is 17.1 Å². The van der Waals surface area contributed by atoms with Gasteiger partial charge in [-0.3, -0.25) is 14.4 Å². The molecule has 0 heterocycles. The fraction of sp³-hybridized carbons (Fsp3) is 0.577. The molecular formula is C26H38O4. The van der Waals surface area contributed by atoms with Crippen molar-refractivity contribution in [2.75, 3.05) is 0 Å². The molecule has 0 aliphatic heterocycles. The van der Waals surface area contributed by atoms with Crippen LogP contribution in [0.15, 0.2) is 46.3 Å². The molecule has 4 nitrogen and oxygen atoms in total. The summed E-state index contributed by atoms with van der Waals surface area (Å²) in [6, 6.07) is 0. The molecule has 0 amide bonds. The Hall–Kier alpha value is -2.23. The number of hydrogen-bond acceptors (Lipinski definition) is 4. The van der Waals surface area contributed by atoms with Gasteiger partial charge in [0.25, 0.3) is 0 Å². The highest BCUT2D eigenvalue weighted by atomic mass is 16.3. The van der Waals surface area contributed by atoms with Crippen LogP contribution in [0.5, 0.6) is 0 Å². The van der Waals surface area contributed by atoms with Crippen molar-refractivity contribution in [3.8, 4) is 0 Å². The van der Waals surface area contributed by atoms with Gasteiger partial charge in [0.15, 0.2) is 17.3 Å². The Morgan fingerprint density at radius 2 is 1.40 bits per heavy atom. The number of ketones is 3. The maximum atomic E-state index is 13.7. The van der Waals surface area contributed by atoms with Gasteiger partial charge >= 0.3 is 0 Å². The number of aliphatic hydroxyl groups is 1. The predicted molar refractivity (Wildman–Crippen MR) is 122 cm³/mol. The second-order valence-electron chi connectivity index (χ2n) is 9.60. The zero-order valence-corrected chi connectivity index (χ0v) is 19.9. The smallest absolute Gasteiger partial charge is 0.180 e. The number of Topliss-reactive ketones (excluding diaryl/α,β-unsaturated/α-hetero) is 3. The van der Waals surface area contributed by atoms with E-state index in [1.165, 1.54) is 0 Å². The number of rotatable bonds is 9. The Kier molecular flexibility index (Phi) is 9.20. The van der Waals surface area contributed by atoms with E-state index >= 15 is 0 Å². The lowest BCUT2D eigenvalue weighted by molar-refractivity contribution is -0.140. The fourth-order valence-corrected chi connectivity index (χ4v) is 3.64. The Morgan fingerprint density at radius 3 is 1.80 bits per heavy atom. The molecule has 4 heteroatoms. The summed E-state index contributed by atoms with van der Waals surface area (Å²) in [7, 11) is 0. The minimum atomic E-state index is -1.29. The average molecular weight is 415 g/mol. The molecule has 0 aromatic carbocycles. The van der Waals surface area contributed by atoms with Crippen LogP contribution >= 0.6 is 0 Å². The number of aliphatic hydroxyl groups excluding tert-OH is 1. The van der Waals surface area contributed by atoms with E-state index in [0.29, 0.717) is 0 Å². The van der Waals surface area contributed by atoms with Gasteiger partial charge in [0.2, 0.25) is 0 Å². The first-order chi connectivity index (χ1) is 13.8. The maximum Gasteiger partial charge on any atom is 0.180 e. The van der Waals surface area contributed by atoms with Crippen LogP contribution in [0.25, 0.3) is 0 Å². The van der Waals surface area contributed by atoms with Crippen molar-refractivity contribution >= 4 is 17.3 Å². The van der Waals surface area contributed by atoms with Gasteiger partial charge in [-0.2, -0.15) is 0 Å². The molecule has 166 valence electrons. The van der Waals surface area contributed by atoms with Gasteiger partial charge in [-0.25, -0.2) is 0 Å².